The first kappa shape index (κ1) is 8.93. The molecule has 1 rings (SSSR count). The van der Waals surface area contributed by atoms with Crippen molar-refractivity contribution in [2.75, 3.05) is 7.11 Å². The highest BCUT2D eigenvalue weighted by Crippen LogP contribution is 2.30. The van der Waals surface area contributed by atoms with Gasteiger partial charge in [-0.25, -0.2) is 0 Å². The Labute approximate surface area is 65.7 Å². The van der Waals surface area contributed by atoms with Gasteiger partial charge >= 0.3 is 0 Å². The molecule has 0 aromatic carbocycles. The summed E-state index contributed by atoms with van der Waals surface area (Å²) < 4.78 is 9.95. The highest BCUT2D eigenvalue weighted by atomic mass is 16.7. The fourth-order valence-electron chi connectivity index (χ4n) is 1.32. The molecule has 1 heterocycles. The SMILES string of the molecule is CO[C@@H]1O[C@@H](C)[C@@H](O)[C@@]1(C)O. The zero-order valence-electron chi connectivity index (χ0n) is 6.94. The maximum absolute atomic E-state index is 9.59. The van der Waals surface area contributed by atoms with Crippen LogP contribution >= 0.6 is 0 Å². The lowest BCUT2D eigenvalue weighted by atomic mass is 9.98. The second kappa shape index (κ2) is 2.71. The molecule has 66 valence electrons. The van der Waals surface area contributed by atoms with Gasteiger partial charge in [-0.3, -0.25) is 0 Å². The number of hydrogen-bond acceptors (Lipinski definition) is 4. The predicted octanol–water partition coefficient (Wildman–Crippen LogP) is -0.510. The molecule has 2 N–H and O–H groups in total. The van der Waals surface area contributed by atoms with Gasteiger partial charge in [0.15, 0.2) is 6.29 Å². The Morgan fingerprint density at radius 1 is 1.55 bits per heavy atom. The lowest BCUT2D eigenvalue weighted by Crippen LogP contribution is -2.45. The van der Waals surface area contributed by atoms with Gasteiger partial charge in [0.05, 0.1) is 6.10 Å². The van der Waals surface area contributed by atoms with Crippen LogP contribution in [0, 0.1) is 0 Å². The van der Waals surface area contributed by atoms with Crippen molar-refractivity contribution in [3.63, 3.8) is 0 Å². The molecule has 4 atom stereocenters. The van der Waals surface area contributed by atoms with Crippen molar-refractivity contribution in [1.82, 2.24) is 0 Å². The Morgan fingerprint density at radius 3 is 2.27 bits per heavy atom. The van der Waals surface area contributed by atoms with E-state index in [0.29, 0.717) is 0 Å². The predicted molar refractivity (Wildman–Crippen MR) is 38.0 cm³/mol. The molecule has 0 aliphatic carbocycles. The summed E-state index contributed by atoms with van der Waals surface area (Å²) in [6.07, 6.45) is -1.99. The monoisotopic (exact) mass is 162 g/mol. The molecule has 0 saturated carbocycles. The van der Waals surface area contributed by atoms with E-state index < -0.39 is 18.0 Å². The normalized spacial score (nSPS) is 51.5. The maximum atomic E-state index is 9.59. The first-order valence-corrected chi connectivity index (χ1v) is 3.59. The van der Waals surface area contributed by atoms with Crippen LogP contribution in [-0.2, 0) is 9.47 Å². The summed E-state index contributed by atoms with van der Waals surface area (Å²) >= 11 is 0. The van der Waals surface area contributed by atoms with Crippen LogP contribution in [0.3, 0.4) is 0 Å². The van der Waals surface area contributed by atoms with E-state index in [2.05, 4.69) is 0 Å². The van der Waals surface area contributed by atoms with E-state index in [9.17, 15) is 10.2 Å². The number of ether oxygens (including phenoxy) is 2. The summed E-state index contributed by atoms with van der Waals surface area (Å²) in [4.78, 5) is 0. The molecule has 0 unspecified atom stereocenters. The first-order chi connectivity index (χ1) is 5.00. The standard InChI is InChI=1S/C7H14O4/c1-4-5(8)7(2,9)6(10-3)11-4/h4-6,8-9H,1-3H3/t4-,5+,6+,7+/m0/s1. The van der Waals surface area contributed by atoms with E-state index in [1.165, 1.54) is 14.0 Å². The summed E-state index contributed by atoms with van der Waals surface area (Å²) in [5, 5.41) is 19.0. The Hall–Kier alpha value is -0.160. The van der Waals surface area contributed by atoms with Gasteiger partial charge in [-0.05, 0) is 13.8 Å². The molecule has 1 aliphatic heterocycles. The maximum Gasteiger partial charge on any atom is 0.188 e. The quantitative estimate of drug-likeness (QED) is 0.545. The van der Waals surface area contributed by atoms with E-state index >= 15 is 0 Å². The average molecular weight is 162 g/mol. The van der Waals surface area contributed by atoms with Gasteiger partial charge < -0.3 is 19.7 Å². The molecule has 0 aromatic rings. The molecule has 0 aromatic heterocycles. The molecular formula is C7H14O4. The Morgan fingerprint density at radius 2 is 2.09 bits per heavy atom. The van der Waals surface area contributed by atoms with Crippen LogP contribution in [0.5, 0.6) is 0 Å². The molecule has 0 spiro atoms. The summed E-state index contributed by atoms with van der Waals surface area (Å²) in [5.41, 5.74) is -1.30. The van der Waals surface area contributed by atoms with E-state index in [1.54, 1.807) is 6.92 Å². The smallest absolute Gasteiger partial charge is 0.188 e. The van der Waals surface area contributed by atoms with Crippen molar-refractivity contribution in [3.8, 4) is 0 Å². The largest absolute Gasteiger partial charge is 0.387 e. The number of aliphatic hydroxyl groups is 2. The van der Waals surface area contributed by atoms with E-state index in [-0.39, 0.29) is 6.10 Å². The minimum Gasteiger partial charge on any atom is -0.387 e. The third kappa shape index (κ3) is 1.27. The lowest BCUT2D eigenvalue weighted by molar-refractivity contribution is -0.184. The van der Waals surface area contributed by atoms with Crippen molar-refractivity contribution >= 4 is 0 Å². The Balaban J connectivity index is 2.74. The lowest BCUT2D eigenvalue weighted by Gasteiger charge is -2.24. The Kier molecular flexibility index (Phi) is 2.20. The van der Waals surface area contributed by atoms with Gasteiger partial charge in [0.2, 0.25) is 0 Å². The average Bonchev–Trinajstić information content (AvgIpc) is 2.13. The van der Waals surface area contributed by atoms with Crippen molar-refractivity contribution in [1.29, 1.82) is 0 Å². The van der Waals surface area contributed by atoms with Gasteiger partial charge in [-0.1, -0.05) is 0 Å². The second-order valence-electron chi connectivity index (χ2n) is 3.08. The summed E-state index contributed by atoms with van der Waals surface area (Å²) in [5.74, 6) is 0. The van der Waals surface area contributed by atoms with Crippen LogP contribution in [-0.4, -0.2) is 41.4 Å². The second-order valence-corrected chi connectivity index (χ2v) is 3.08. The molecule has 0 radical (unpaired) electrons. The third-order valence-corrected chi connectivity index (χ3v) is 2.07. The van der Waals surface area contributed by atoms with Crippen LogP contribution in [0.1, 0.15) is 13.8 Å². The molecule has 0 bridgehead atoms. The van der Waals surface area contributed by atoms with Gasteiger partial charge in [-0.2, -0.15) is 0 Å². The van der Waals surface area contributed by atoms with Crippen LogP contribution < -0.4 is 0 Å². The molecule has 4 nitrogen and oxygen atoms in total. The molecule has 4 heteroatoms. The minimum atomic E-state index is -1.30. The molecular weight excluding hydrogens is 148 g/mol. The first-order valence-electron chi connectivity index (χ1n) is 3.59. The Bertz CT molecular complexity index is 145. The molecule has 1 aliphatic rings. The fourth-order valence-corrected chi connectivity index (χ4v) is 1.32. The molecule has 0 amide bonds. The number of rotatable bonds is 1. The van der Waals surface area contributed by atoms with Crippen LogP contribution in [0.4, 0.5) is 0 Å². The van der Waals surface area contributed by atoms with Gasteiger partial charge in [-0.15, -0.1) is 0 Å². The minimum absolute atomic E-state index is 0.380. The van der Waals surface area contributed by atoms with E-state index in [0.717, 1.165) is 0 Å². The van der Waals surface area contributed by atoms with Crippen molar-refractivity contribution in [3.05, 3.63) is 0 Å². The third-order valence-electron chi connectivity index (χ3n) is 2.07. The summed E-state index contributed by atoms with van der Waals surface area (Å²) in [6.45, 7) is 3.19. The van der Waals surface area contributed by atoms with Crippen molar-refractivity contribution in [2.45, 2.75) is 37.9 Å². The van der Waals surface area contributed by atoms with Crippen LogP contribution in [0.2, 0.25) is 0 Å². The van der Waals surface area contributed by atoms with Crippen LogP contribution in [0.25, 0.3) is 0 Å². The van der Waals surface area contributed by atoms with Crippen LogP contribution in [0.15, 0.2) is 0 Å². The zero-order chi connectivity index (χ0) is 8.65. The molecule has 1 saturated heterocycles. The number of methoxy groups -OCH3 is 1. The van der Waals surface area contributed by atoms with Gasteiger partial charge in [0.1, 0.15) is 11.7 Å². The highest BCUT2D eigenvalue weighted by Gasteiger charge is 2.50. The van der Waals surface area contributed by atoms with Gasteiger partial charge in [0, 0.05) is 7.11 Å². The fraction of sp³-hybridized carbons (Fsp3) is 1.00. The van der Waals surface area contributed by atoms with Gasteiger partial charge in [0.25, 0.3) is 0 Å². The number of aliphatic hydroxyl groups excluding tert-OH is 1. The molecule has 1 fully saturated rings. The molecule has 11 heavy (non-hydrogen) atoms. The van der Waals surface area contributed by atoms with E-state index in [1.807, 2.05) is 0 Å². The zero-order valence-corrected chi connectivity index (χ0v) is 6.94. The topological polar surface area (TPSA) is 58.9 Å². The summed E-state index contributed by atoms with van der Waals surface area (Å²) in [6, 6.07) is 0. The van der Waals surface area contributed by atoms with Crippen molar-refractivity contribution in [2.24, 2.45) is 0 Å². The summed E-state index contributed by atoms with van der Waals surface area (Å²) in [7, 11) is 1.43. The van der Waals surface area contributed by atoms with Crippen molar-refractivity contribution < 1.29 is 19.7 Å². The highest BCUT2D eigenvalue weighted by molar-refractivity contribution is 4.95. The van der Waals surface area contributed by atoms with E-state index in [4.69, 9.17) is 9.47 Å². The number of hydrogen-bond donors (Lipinski definition) is 2.